The molecule has 126 valence electrons. The average Bonchev–Trinajstić information content (AvgIpc) is 2.60. The Labute approximate surface area is 143 Å². The Morgan fingerprint density at radius 3 is 2.12 bits per heavy atom. The lowest BCUT2D eigenvalue weighted by molar-refractivity contribution is -0.130. The number of carbonyl (C=O) groups is 2. The second-order valence-electron chi connectivity index (χ2n) is 6.01. The molecule has 0 radical (unpaired) electrons. The highest BCUT2D eigenvalue weighted by Gasteiger charge is 2.10. The van der Waals surface area contributed by atoms with Gasteiger partial charge in [0.25, 0.3) is 5.91 Å². The van der Waals surface area contributed by atoms with Crippen LogP contribution >= 0.6 is 0 Å². The zero-order valence-electron chi connectivity index (χ0n) is 14.5. The van der Waals surface area contributed by atoms with E-state index in [0.29, 0.717) is 18.5 Å². The van der Waals surface area contributed by atoms with Crippen LogP contribution in [0.4, 0.5) is 0 Å². The fourth-order valence-corrected chi connectivity index (χ4v) is 2.46. The number of nitrogens with one attached hydrogen (secondary N) is 1. The molecule has 0 fully saturated rings. The van der Waals surface area contributed by atoms with E-state index in [-0.39, 0.29) is 11.8 Å². The lowest BCUT2D eigenvalue weighted by Crippen LogP contribution is -2.26. The Hall–Kier alpha value is -2.62. The van der Waals surface area contributed by atoms with Crippen LogP contribution in [0.15, 0.2) is 48.5 Å². The Morgan fingerprint density at radius 1 is 0.958 bits per heavy atom. The van der Waals surface area contributed by atoms with Crippen molar-refractivity contribution >= 4 is 11.8 Å². The summed E-state index contributed by atoms with van der Waals surface area (Å²) in [4.78, 5) is 25.5. The van der Waals surface area contributed by atoms with Gasteiger partial charge in [-0.1, -0.05) is 42.0 Å². The normalized spacial score (nSPS) is 10.3. The van der Waals surface area contributed by atoms with Gasteiger partial charge in [0.05, 0.1) is 0 Å². The minimum atomic E-state index is -0.107. The van der Waals surface area contributed by atoms with Gasteiger partial charge in [-0.3, -0.25) is 9.59 Å². The van der Waals surface area contributed by atoms with E-state index in [0.717, 1.165) is 12.0 Å². The van der Waals surface area contributed by atoms with Crippen molar-refractivity contribution in [3.8, 4) is 0 Å². The van der Waals surface area contributed by atoms with Gasteiger partial charge in [-0.05, 0) is 36.6 Å². The quantitative estimate of drug-likeness (QED) is 0.888. The van der Waals surface area contributed by atoms with E-state index >= 15 is 0 Å². The second kappa shape index (κ2) is 8.29. The SMILES string of the molecule is CNC(=O)c1ccc(CN(C)C(=O)CCc2ccc(C)cc2)cc1. The van der Waals surface area contributed by atoms with Gasteiger partial charge in [-0.2, -0.15) is 0 Å². The molecule has 0 saturated heterocycles. The van der Waals surface area contributed by atoms with Crippen molar-refractivity contribution in [2.75, 3.05) is 14.1 Å². The molecule has 1 N–H and O–H groups in total. The summed E-state index contributed by atoms with van der Waals surface area (Å²) in [7, 11) is 3.42. The molecule has 0 atom stereocenters. The van der Waals surface area contributed by atoms with Crippen molar-refractivity contribution < 1.29 is 9.59 Å². The van der Waals surface area contributed by atoms with Crippen molar-refractivity contribution in [2.24, 2.45) is 0 Å². The molecule has 4 nitrogen and oxygen atoms in total. The lowest BCUT2D eigenvalue weighted by Gasteiger charge is -2.17. The molecular formula is C20H24N2O2. The highest BCUT2D eigenvalue weighted by atomic mass is 16.2. The first-order valence-electron chi connectivity index (χ1n) is 8.10. The summed E-state index contributed by atoms with van der Waals surface area (Å²) in [5, 5.41) is 2.59. The second-order valence-corrected chi connectivity index (χ2v) is 6.01. The Bertz CT molecular complexity index is 691. The van der Waals surface area contributed by atoms with Gasteiger partial charge in [0.2, 0.25) is 5.91 Å². The molecule has 0 bridgehead atoms. The minimum absolute atomic E-state index is 0.107. The minimum Gasteiger partial charge on any atom is -0.355 e. The maximum atomic E-state index is 12.3. The molecule has 0 aliphatic carbocycles. The third-order valence-corrected chi connectivity index (χ3v) is 4.04. The first-order chi connectivity index (χ1) is 11.5. The molecule has 0 aliphatic rings. The summed E-state index contributed by atoms with van der Waals surface area (Å²) in [6, 6.07) is 15.6. The summed E-state index contributed by atoms with van der Waals surface area (Å²) in [6.45, 7) is 2.60. The van der Waals surface area contributed by atoms with E-state index in [1.165, 1.54) is 11.1 Å². The molecule has 0 heterocycles. The van der Waals surface area contributed by atoms with Crippen LogP contribution in [-0.2, 0) is 17.8 Å². The molecule has 0 unspecified atom stereocenters. The van der Waals surface area contributed by atoms with E-state index < -0.39 is 0 Å². The molecule has 4 heteroatoms. The Balaban J connectivity index is 1.86. The number of aryl methyl sites for hydroxylation is 2. The highest BCUT2D eigenvalue weighted by molar-refractivity contribution is 5.93. The predicted octanol–water partition coefficient (Wildman–Crippen LogP) is 2.95. The van der Waals surface area contributed by atoms with E-state index in [4.69, 9.17) is 0 Å². The molecule has 2 rings (SSSR count). The smallest absolute Gasteiger partial charge is 0.251 e. The molecule has 24 heavy (non-hydrogen) atoms. The summed E-state index contributed by atoms with van der Waals surface area (Å²) in [6.07, 6.45) is 1.24. The molecule has 2 aromatic rings. The van der Waals surface area contributed by atoms with Crippen LogP contribution in [0.5, 0.6) is 0 Å². The van der Waals surface area contributed by atoms with Crippen LogP contribution in [0.3, 0.4) is 0 Å². The number of hydrogen-bond donors (Lipinski definition) is 1. The van der Waals surface area contributed by atoms with Gasteiger partial charge in [0.1, 0.15) is 0 Å². The highest BCUT2D eigenvalue weighted by Crippen LogP contribution is 2.10. The number of hydrogen-bond acceptors (Lipinski definition) is 2. The monoisotopic (exact) mass is 324 g/mol. The molecule has 0 spiro atoms. The topological polar surface area (TPSA) is 49.4 Å². The number of amides is 2. The van der Waals surface area contributed by atoms with Gasteiger partial charge in [-0.25, -0.2) is 0 Å². The van der Waals surface area contributed by atoms with Crippen LogP contribution in [-0.4, -0.2) is 30.8 Å². The third kappa shape index (κ3) is 4.95. The fraction of sp³-hybridized carbons (Fsp3) is 0.300. The molecule has 2 aromatic carbocycles. The van der Waals surface area contributed by atoms with Gasteiger partial charge in [0.15, 0.2) is 0 Å². The fourth-order valence-electron chi connectivity index (χ4n) is 2.46. The standard InChI is InChI=1S/C20H24N2O2/c1-15-4-6-16(7-5-15)10-13-19(23)22(3)14-17-8-11-18(12-9-17)20(24)21-2/h4-9,11-12H,10,13-14H2,1-3H3,(H,21,24). The maximum absolute atomic E-state index is 12.3. The van der Waals surface area contributed by atoms with Gasteiger partial charge >= 0.3 is 0 Å². The number of nitrogens with zero attached hydrogens (tertiary/aromatic N) is 1. The number of rotatable bonds is 6. The molecular weight excluding hydrogens is 300 g/mol. The van der Waals surface area contributed by atoms with Gasteiger partial charge in [-0.15, -0.1) is 0 Å². The molecule has 0 saturated carbocycles. The summed E-state index contributed by atoms with van der Waals surface area (Å²) in [5.41, 5.74) is 4.03. The summed E-state index contributed by atoms with van der Waals surface area (Å²) in [5.74, 6) is 0.00929. The zero-order chi connectivity index (χ0) is 17.5. The Kier molecular flexibility index (Phi) is 6.13. The summed E-state index contributed by atoms with van der Waals surface area (Å²) >= 11 is 0. The van der Waals surface area contributed by atoms with Gasteiger partial charge < -0.3 is 10.2 Å². The van der Waals surface area contributed by atoms with Crippen LogP contribution in [0.25, 0.3) is 0 Å². The Morgan fingerprint density at radius 2 is 1.54 bits per heavy atom. The third-order valence-electron chi connectivity index (χ3n) is 4.04. The zero-order valence-corrected chi connectivity index (χ0v) is 14.5. The van der Waals surface area contributed by atoms with Crippen molar-refractivity contribution in [1.29, 1.82) is 0 Å². The number of carbonyl (C=O) groups excluding carboxylic acids is 2. The largest absolute Gasteiger partial charge is 0.355 e. The van der Waals surface area contributed by atoms with E-state index in [9.17, 15) is 9.59 Å². The van der Waals surface area contributed by atoms with E-state index in [1.807, 2.05) is 19.2 Å². The summed E-state index contributed by atoms with van der Waals surface area (Å²) < 4.78 is 0. The van der Waals surface area contributed by atoms with Crippen LogP contribution in [0, 0.1) is 6.92 Å². The lowest BCUT2D eigenvalue weighted by atomic mass is 10.1. The first kappa shape index (κ1) is 17.7. The van der Waals surface area contributed by atoms with Crippen LogP contribution in [0.1, 0.15) is 33.5 Å². The van der Waals surface area contributed by atoms with E-state index in [1.54, 1.807) is 24.1 Å². The number of benzene rings is 2. The predicted molar refractivity (Wildman–Crippen MR) is 95.8 cm³/mol. The van der Waals surface area contributed by atoms with Crippen molar-refractivity contribution in [2.45, 2.75) is 26.3 Å². The average molecular weight is 324 g/mol. The molecule has 0 aliphatic heterocycles. The van der Waals surface area contributed by atoms with Crippen molar-refractivity contribution in [3.05, 3.63) is 70.8 Å². The van der Waals surface area contributed by atoms with Crippen molar-refractivity contribution in [3.63, 3.8) is 0 Å². The van der Waals surface area contributed by atoms with Crippen LogP contribution < -0.4 is 5.32 Å². The van der Waals surface area contributed by atoms with E-state index in [2.05, 4.69) is 36.5 Å². The first-order valence-corrected chi connectivity index (χ1v) is 8.10. The molecule has 0 aromatic heterocycles. The maximum Gasteiger partial charge on any atom is 0.251 e. The van der Waals surface area contributed by atoms with Crippen LogP contribution in [0.2, 0.25) is 0 Å². The molecule has 2 amide bonds. The van der Waals surface area contributed by atoms with Crippen molar-refractivity contribution in [1.82, 2.24) is 10.2 Å². The van der Waals surface area contributed by atoms with Gasteiger partial charge in [0, 0.05) is 32.6 Å².